The average molecular weight is 391 g/mol. The number of nitrogens with zero attached hydrogens (tertiary/aromatic N) is 4. The van der Waals surface area contributed by atoms with Crippen molar-refractivity contribution in [2.24, 2.45) is 0 Å². The molecular weight excluding hydrogens is 370 g/mol. The van der Waals surface area contributed by atoms with Gasteiger partial charge >= 0.3 is 0 Å². The Labute approximate surface area is 166 Å². The van der Waals surface area contributed by atoms with E-state index in [1.54, 1.807) is 24.1 Å². The van der Waals surface area contributed by atoms with E-state index >= 15 is 0 Å². The van der Waals surface area contributed by atoms with Crippen molar-refractivity contribution in [2.45, 2.75) is 19.6 Å². The summed E-state index contributed by atoms with van der Waals surface area (Å²) in [5.41, 5.74) is 2.22. The van der Waals surface area contributed by atoms with Crippen molar-refractivity contribution in [1.82, 2.24) is 24.6 Å². The summed E-state index contributed by atoms with van der Waals surface area (Å²) in [7, 11) is 1.58. The molecule has 0 saturated carbocycles. The van der Waals surface area contributed by atoms with Crippen LogP contribution in [0.5, 0.6) is 0 Å². The molecular formula is C21H21N5O3. The van der Waals surface area contributed by atoms with Crippen LogP contribution >= 0.6 is 0 Å². The summed E-state index contributed by atoms with van der Waals surface area (Å²) in [5, 5.41) is 8.66. The van der Waals surface area contributed by atoms with Crippen molar-refractivity contribution in [3.8, 4) is 0 Å². The Bertz CT molecular complexity index is 1230. The van der Waals surface area contributed by atoms with Crippen molar-refractivity contribution in [3.63, 3.8) is 0 Å². The van der Waals surface area contributed by atoms with Crippen molar-refractivity contribution in [1.29, 1.82) is 0 Å². The first kappa shape index (κ1) is 18.8. The summed E-state index contributed by atoms with van der Waals surface area (Å²) in [6, 6.07) is 14.9. The zero-order valence-corrected chi connectivity index (χ0v) is 16.0. The number of carbonyl (C=O) groups excluding carboxylic acids is 1. The Morgan fingerprint density at radius 2 is 1.86 bits per heavy atom. The van der Waals surface area contributed by atoms with Crippen molar-refractivity contribution < 1.29 is 9.53 Å². The van der Waals surface area contributed by atoms with Crippen molar-refractivity contribution in [3.05, 3.63) is 70.9 Å². The van der Waals surface area contributed by atoms with Crippen LogP contribution in [0.3, 0.4) is 0 Å². The quantitative estimate of drug-likeness (QED) is 0.518. The minimum Gasteiger partial charge on any atom is -0.383 e. The number of benzene rings is 2. The lowest BCUT2D eigenvalue weighted by Gasteiger charge is -2.12. The first-order valence-electron chi connectivity index (χ1n) is 9.31. The molecule has 8 nitrogen and oxygen atoms in total. The molecule has 0 unspecified atom stereocenters. The second-order valence-corrected chi connectivity index (χ2v) is 6.65. The van der Waals surface area contributed by atoms with Gasteiger partial charge in [0.25, 0.3) is 5.56 Å². The van der Waals surface area contributed by atoms with E-state index in [0.29, 0.717) is 24.2 Å². The van der Waals surface area contributed by atoms with Crippen LogP contribution in [0.25, 0.3) is 21.8 Å². The molecule has 8 heteroatoms. The molecule has 2 aromatic carbocycles. The molecule has 4 aromatic rings. The maximum atomic E-state index is 12.6. The zero-order valence-electron chi connectivity index (χ0n) is 16.0. The number of hydrogen-bond donors (Lipinski definition) is 1. The SMILES string of the molecule is COCCn1nc(CNC(=O)Cn2cnc3ccccc32)c2ccccc2c1=O. The summed E-state index contributed by atoms with van der Waals surface area (Å²) < 4.78 is 8.25. The second-order valence-electron chi connectivity index (χ2n) is 6.65. The summed E-state index contributed by atoms with van der Waals surface area (Å²) >= 11 is 0. The molecule has 0 bridgehead atoms. The summed E-state index contributed by atoms with van der Waals surface area (Å²) in [4.78, 5) is 29.4. The number of methoxy groups -OCH3 is 1. The van der Waals surface area contributed by atoms with Crippen LogP contribution < -0.4 is 10.9 Å². The van der Waals surface area contributed by atoms with Crippen LogP contribution in [-0.4, -0.2) is 39.0 Å². The first-order valence-corrected chi connectivity index (χ1v) is 9.31. The van der Waals surface area contributed by atoms with Gasteiger partial charge in [-0.25, -0.2) is 9.67 Å². The molecule has 29 heavy (non-hydrogen) atoms. The Balaban J connectivity index is 1.55. The fourth-order valence-corrected chi connectivity index (χ4v) is 3.29. The topological polar surface area (TPSA) is 91.0 Å². The van der Waals surface area contributed by atoms with E-state index in [4.69, 9.17) is 4.74 Å². The molecule has 0 radical (unpaired) electrons. The van der Waals surface area contributed by atoms with E-state index < -0.39 is 0 Å². The third-order valence-electron chi connectivity index (χ3n) is 4.75. The lowest BCUT2D eigenvalue weighted by atomic mass is 10.1. The van der Waals surface area contributed by atoms with Crippen LogP contribution in [0, 0.1) is 0 Å². The van der Waals surface area contributed by atoms with Crippen LogP contribution in [-0.2, 0) is 29.2 Å². The average Bonchev–Trinajstić information content (AvgIpc) is 3.15. The number of para-hydroxylation sites is 2. The maximum absolute atomic E-state index is 12.6. The molecule has 0 aliphatic rings. The van der Waals surface area contributed by atoms with Gasteiger partial charge < -0.3 is 14.6 Å². The predicted octanol–water partition coefficient (Wildman–Crippen LogP) is 1.71. The molecule has 1 amide bonds. The highest BCUT2D eigenvalue weighted by molar-refractivity contribution is 5.84. The number of fused-ring (bicyclic) bond motifs is 2. The van der Waals surface area contributed by atoms with E-state index in [1.807, 2.05) is 42.5 Å². The van der Waals surface area contributed by atoms with E-state index in [-0.39, 0.29) is 24.6 Å². The molecule has 1 N–H and O–H groups in total. The first-order chi connectivity index (χ1) is 14.2. The fourth-order valence-electron chi connectivity index (χ4n) is 3.29. The summed E-state index contributed by atoms with van der Waals surface area (Å²) in [6.45, 7) is 1.11. The number of aromatic nitrogens is 4. The van der Waals surface area contributed by atoms with Gasteiger partial charge in [-0.2, -0.15) is 5.10 Å². The largest absolute Gasteiger partial charge is 0.383 e. The van der Waals surface area contributed by atoms with Crippen LogP contribution in [0.15, 0.2) is 59.7 Å². The molecule has 4 rings (SSSR count). The minimum absolute atomic E-state index is 0.155. The number of rotatable bonds is 7. The predicted molar refractivity (Wildman–Crippen MR) is 109 cm³/mol. The van der Waals surface area contributed by atoms with Crippen LogP contribution in [0.1, 0.15) is 5.69 Å². The lowest BCUT2D eigenvalue weighted by molar-refractivity contribution is -0.121. The molecule has 2 heterocycles. The van der Waals surface area contributed by atoms with Gasteiger partial charge in [-0.1, -0.05) is 30.3 Å². The van der Waals surface area contributed by atoms with Gasteiger partial charge in [0.1, 0.15) is 6.54 Å². The lowest BCUT2D eigenvalue weighted by Crippen LogP contribution is -2.31. The molecule has 0 atom stereocenters. The second kappa shape index (κ2) is 8.24. The number of hydrogen-bond acceptors (Lipinski definition) is 5. The number of imidazole rings is 1. The highest BCUT2D eigenvalue weighted by Crippen LogP contribution is 2.14. The third kappa shape index (κ3) is 3.88. The smallest absolute Gasteiger partial charge is 0.274 e. The van der Waals surface area contributed by atoms with E-state index in [2.05, 4.69) is 15.4 Å². The van der Waals surface area contributed by atoms with E-state index in [9.17, 15) is 9.59 Å². The minimum atomic E-state index is -0.169. The molecule has 0 saturated heterocycles. The summed E-state index contributed by atoms with van der Waals surface area (Å²) in [6.07, 6.45) is 1.66. The van der Waals surface area contributed by atoms with Gasteiger partial charge in [-0.05, 0) is 18.2 Å². The van der Waals surface area contributed by atoms with Gasteiger partial charge in [0.15, 0.2) is 0 Å². The van der Waals surface area contributed by atoms with E-state index in [1.165, 1.54) is 4.68 Å². The molecule has 0 fully saturated rings. The monoisotopic (exact) mass is 391 g/mol. The molecule has 0 aliphatic heterocycles. The highest BCUT2D eigenvalue weighted by atomic mass is 16.5. The third-order valence-corrected chi connectivity index (χ3v) is 4.75. The van der Waals surface area contributed by atoms with Gasteiger partial charge in [0.2, 0.25) is 5.91 Å². The van der Waals surface area contributed by atoms with E-state index in [0.717, 1.165) is 16.4 Å². The van der Waals surface area contributed by atoms with Gasteiger partial charge in [0.05, 0.1) is 48.1 Å². The standard InChI is InChI=1S/C21H21N5O3/c1-29-11-10-26-21(28)16-7-3-2-6-15(16)18(24-26)12-22-20(27)13-25-14-23-17-8-4-5-9-19(17)25/h2-9,14H,10-13H2,1H3,(H,22,27). The van der Waals surface area contributed by atoms with Crippen LogP contribution in [0.2, 0.25) is 0 Å². The fraction of sp³-hybridized carbons (Fsp3) is 0.238. The van der Waals surface area contributed by atoms with Gasteiger partial charge in [-0.3, -0.25) is 9.59 Å². The summed E-state index contributed by atoms with van der Waals surface area (Å²) in [5.74, 6) is -0.159. The number of amides is 1. The molecule has 0 spiro atoms. The Hall–Kier alpha value is -3.52. The highest BCUT2D eigenvalue weighted by Gasteiger charge is 2.12. The molecule has 2 aromatic heterocycles. The van der Waals surface area contributed by atoms with Crippen molar-refractivity contribution >= 4 is 27.7 Å². The Morgan fingerprint density at radius 3 is 2.69 bits per heavy atom. The Morgan fingerprint density at radius 1 is 1.10 bits per heavy atom. The molecule has 0 aliphatic carbocycles. The number of nitrogens with one attached hydrogen (secondary N) is 1. The number of carbonyl (C=O) groups is 1. The Kier molecular flexibility index (Phi) is 5.35. The number of ether oxygens (including phenoxy) is 1. The van der Waals surface area contributed by atoms with Gasteiger partial charge in [-0.15, -0.1) is 0 Å². The zero-order chi connectivity index (χ0) is 20.2. The van der Waals surface area contributed by atoms with Gasteiger partial charge in [0, 0.05) is 12.5 Å². The normalized spacial score (nSPS) is 11.2. The van der Waals surface area contributed by atoms with Crippen molar-refractivity contribution in [2.75, 3.05) is 13.7 Å². The van der Waals surface area contributed by atoms with Crippen LogP contribution in [0.4, 0.5) is 0 Å². The molecule has 148 valence electrons. The maximum Gasteiger partial charge on any atom is 0.274 e.